The van der Waals surface area contributed by atoms with Crippen LogP contribution in [0.5, 0.6) is 0 Å². The molecular weight excluding hydrogens is 333 g/mol. The Morgan fingerprint density at radius 1 is 1.57 bits per heavy atom. The van der Waals surface area contributed by atoms with Gasteiger partial charge < -0.3 is 25.8 Å². The lowest BCUT2D eigenvalue weighted by Gasteiger charge is -2.19. The van der Waals surface area contributed by atoms with Gasteiger partial charge in [0, 0.05) is 0 Å². The summed E-state index contributed by atoms with van der Waals surface area (Å²) in [6.07, 6.45) is -7.34. The van der Waals surface area contributed by atoms with Gasteiger partial charge >= 0.3 is 5.69 Å². The number of hydrogen-bond acceptors (Lipinski definition) is 9. The zero-order valence-corrected chi connectivity index (χ0v) is 12.8. The molecule has 0 spiro atoms. The second-order valence-electron chi connectivity index (χ2n) is 4.83. The van der Waals surface area contributed by atoms with E-state index in [1.165, 1.54) is 0 Å². The van der Waals surface area contributed by atoms with Crippen molar-refractivity contribution in [3.05, 3.63) is 22.5 Å². The Morgan fingerprint density at radius 2 is 2.22 bits per heavy atom. The Balaban J connectivity index is 2.28. The summed E-state index contributed by atoms with van der Waals surface area (Å²) in [5, 5.41) is 29.2. The van der Waals surface area contributed by atoms with Crippen LogP contribution in [0.4, 0.5) is 10.2 Å². The van der Waals surface area contributed by atoms with Crippen molar-refractivity contribution in [2.75, 3.05) is 11.5 Å². The molecular formula is C12H16FN3O6S. The summed E-state index contributed by atoms with van der Waals surface area (Å²) in [6.45, 7) is 1.70. The van der Waals surface area contributed by atoms with Crippen molar-refractivity contribution in [3.8, 4) is 0 Å². The van der Waals surface area contributed by atoms with Crippen LogP contribution in [0, 0.1) is 5.82 Å². The largest absolute Gasteiger partial charge is 0.387 e. The molecule has 0 saturated carbocycles. The number of nitrogen functional groups attached to an aromatic ring is 1. The number of halogens is 1. The first-order valence-corrected chi connectivity index (χ1v) is 7.67. The number of thioether (sulfide) groups is 1. The number of aromatic nitrogens is 2. The summed E-state index contributed by atoms with van der Waals surface area (Å²) in [4.78, 5) is 26.6. The number of aliphatic hydroxyl groups excluding tert-OH is 3. The molecule has 1 saturated heterocycles. The van der Waals surface area contributed by atoms with Gasteiger partial charge in [-0.2, -0.15) is 4.98 Å². The number of nitrogens with zero attached hydrogens (tertiary/aromatic N) is 2. The first kappa shape index (κ1) is 17.8. The van der Waals surface area contributed by atoms with E-state index in [4.69, 9.17) is 10.5 Å². The molecule has 1 aromatic heterocycles. The lowest BCUT2D eigenvalue weighted by atomic mass is 10.1. The maximum absolute atomic E-state index is 13.5. The molecule has 0 amide bonds. The van der Waals surface area contributed by atoms with Gasteiger partial charge in [-0.05, 0) is 5.75 Å². The number of anilines is 1. The zero-order chi connectivity index (χ0) is 17.3. The third-order valence-electron chi connectivity index (χ3n) is 3.32. The molecule has 0 aliphatic carbocycles. The van der Waals surface area contributed by atoms with Gasteiger partial charge in [0.15, 0.2) is 24.0 Å². The van der Waals surface area contributed by atoms with Gasteiger partial charge in [0.1, 0.15) is 18.3 Å². The molecule has 2 heterocycles. The highest BCUT2D eigenvalue weighted by molar-refractivity contribution is 8.13. The predicted molar refractivity (Wildman–Crippen MR) is 77.9 cm³/mol. The van der Waals surface area contributed by atoms with Crippen LogP contribution in [0.2, 0.25) is 0 Å². The molecule has 0 radical (unpaired) electrons. The molecule has 128 valence electrons. The summed E-state index contributed by atoms with van der Waals surface area (Å²) in [7, 11) is 0. The summed E-state index contributed by atoms with van der Waals surface area (Å²) < 4.78 is 19.3. The van der Waals surface area contributed by atoms with E-state index in [9.17, 15) is 29.3 Å². The standard InChI is InChI=1S/C12H16FN3O6S/c1-2-23-11(20)7(19)8-5(17)6(18)10(22-8)16-3-4(13)9(14)15-12(16)21/h3,5-8,10,17-19H,2H2,1H3,(H2,14,15,21)/t5-,6+,7?,8-,10+/m0/s1. The Bertz CT molecular complexity index is 656. The molecule has 1 unspecified atom stereocenters. The molecule has 1 aromatic rings. The molecule has 9 nitrogen and oxygen atoms in total. The smallest absolute Gasteiger partial charge is 0.351 e. The first-order chi connectivity index (χ1) is 10.8. The van der Waals surface area contributed by atoms with Crippen LogP contribution < -0.4 is 11.4 Å². The van der Waals surface area contributed by atoms with Crippen molar-refractivity contribution in [2.24, 2.45) is 0 Å². The number of aliphatic hydroxyl groups is 3. The maximum atomic E-state index is 13.5. The number of carbonyl (C=O) groups is 1. The van der Waals surface area contributed by atoms with Gasteiger partial charge in [-0.25, -0.2) is 9.18 Å². The minimum Gasteiger partial charge on any atom is -0.387 e. The van der Waals surface area contributed by atoms with Gasteiger partial charge in [0.05, 0.1) is 6.20 Å². The lowest BCUT2D eigenvalue weighted by molar-refractivity contribution is -0.132. The zero-order valence-electron chi connectivity index (χ0n) is 12.0. The van der Waals surface area contributed by atoms with E-state index >= 15 is 0 Å². The summed E-state index contributed by atoms with van der Waals surface area (Å²) >= 11 is 0.815. The molecule has 2 rings (SSSR count). The quantitative estimate of drug-likeness (QED) is 0.495. The average Bonchev–Trinajstić information content (AvgIpc) is 2.79. The van der Waals surface area contributed by atoms with Crippen LogP contribution in [0.15, 0.2) is 11.0 Å². The number of ether oxygens (including phenoxy) is 1. The topological polar surface area (TPSA) is 148 Å². The molecule has 11 heteroatoms. The molecule has 5 N–H and O–H groups in total. The van der Waals surface area contributed by atoms with Gasteiger partial charge in [-0.3, -0.25) is 9.36 Å². The minimum absolute atomic E-state index is 0.400. The molecule has 1 aliphatic heterocycles. The van der Waals surface area contributed by atoms with Crippen molar-refractivity contribution in [1.29, 1.82) is 0 Å². The van der Waals surface area contributed by atoms with E-state index in [1.807, 2.05) is 0 Å². The molecule has 23 heavy (non-hydrogen) atoms. The highest BCUT2D eigenvalue weighted by atomic mass is 32.2. The predicted octanol–water partition coefficient (Wildman–Crippen LogP) is -1.78. The Labute approximate surface area is 133 Å². The molecule has 1 aliphatic rings. The van der Waals surface area contributed by atoms with Crippen LogP contribution in [-0.2, 0) is 9.53 Å². The van der Waals surface area contributed by atoms with Crippen LogP contribution in [0.3, 0.4) is 0 Å². The highest BCUT2D eigenvalue weighted by Gasteiger charge is 2.49. The SMILES string of the molecule is CCSC(=O)C(O)[C@H]1O[C@@H](n2cc(F)c(N)nc2=O)[C@H](O)[C@@H]1O. The molecule has 1 fully saturated rings. The number of carbonyl (C=O) groups excluding carboxylic acids is 1. The number of rotatable bonds is 4. The van der Waals surface area contributed by atoms with E-state index in [0.717, 1.165) is 11.8 Å². The Morgan fingerprint density at radius 3 is 2.83 bits per heavy atom. The van der Waals surface area contributed by atoms with E-state index in [1.54, 1.807) is 6.92 Å². The Hall–Kier alpha value is -1.53. The molecule has 0 aromatic carbocycles. The fraction of sp³-hybridized carbons (Fsp3) is 0.583. The summed E-state index contributed by atoms with van der Waals surface area (Å²) in [5.74, 6) is -1.24. The Kier molecular flexibility index (Phi) is 5.37. The van der Waals surface area contributed by atoms with Gasteiger partial charge in [0.25, 0.3) is 0 Å². The van der Waals surface area contributed by atoms with E-state index in [0.29, 0.717) is 16.5 Å². The molecule has 0 bridgehead atoms. The third kappa shape index (κ3) is 3.38. The van der Waals surface area contributed by atoms with E-state index < -0.39 is 53.1 Å². The van der Waals surface area contributed by atoms with Crippen molar-refractivity contribution >= 4 is 22.7 Å². The van der Waals surface area contributed by atoms with E-state index in [-0.39, 0.29) is 0 Å². The van der Waals surface area contributed by atoms with Crippen molar-refractivity contribution in [2.45, 2.75) is 37.6 Å². The van der Waals surface area contributed by atoms with Crippen LogP contribution >= 0.6 is 11.8 Å². The van der Waals surface area contributed by atoms with Gasteiger partial charge in [-0.1, -0.05) is 18.7 Å². The van der Waals surface area contributed by atoms with Crippen LogP contribution in [0.25, 0.3) is 0 Å². The number of nitrogens with two attached hydrogens (primary N) is 1. The van der Waals surface area contributed by atoms with Gasteiger partial charge in [0.2, 0.25) is 5.12 Å². The summed E-state index contributed by atoms with van der Waals surface area (Å²) in [5.41, 5.74) is 4.15. The van der Waals surface area contributed by atoms with Crippen molar-refractivity contribution in [3.63, 3.8) is 0 Å². The third-order valence-corrected chi connectivity index (χ3v) is 4.14. The highest BCUT2D eigenvalue weighted by Crippen LogP contribution is 2.31. The second-order valence-corrected chi connectivity index (χ2v) is 6.10. The fourth-order valence-corrected chi connectivity index (χ4v) is 2.77. The fourth-order valence-electron chi connectivity index (χ4n) is 2.18. The average molecular weight is 349 g/mol. The van der Waals surface area contributed by atoms with Crippen molar-refractivity contribution in [1.82, 2.24) is 9.55 Å². The number of hydrogen-bond donors (Lipinski definition) is 4. The first-order valence-electron chi connectivity index (χ1n) is 6.68. The minimum atomic E-state index is -1.71. The lowest BCUT2D eigenvalue weighted by Crippen LogP contribution is -2.42. The summed E-state index contributed by atoms with van der Waals surface area (Å²) in [6, 6.07) is 0. The van der Waals surface area contributed by atoms with Gasteiger partial charge in [-0.15, -0.1) is 0 Å². The monoisotopic (exact) mass is 349 g/mol. The molecule has 5 atom stereocenters. The second kappa shape index (κ2) is 6.93. The van der Waals surface area contributed by atoms with Crippen molar-refractivity contribution < 1.29 is 29.2 Å². The normalized spacial score (nSPS) is 28.7. The van der Waals surface area contributed by atoms with Crippen LogP contribution in [-0.4, -0.2) is 60.2 Å². The van der Waals surface area contributed by atoms with E-state index in [2.05, 4.69) is 4.98 Å². The van der Waals surface area contributed by atoms with Crippen LogP contribution in [0.1, 0.15) is 13.2 Å². The maximum Gasteiger partial charge on any atom is 0.351 e.